The van der Waals surface area contributed by atoms with Crippen molar-refractivity contribution in [3.05, 3.63) is 59.2 Å². The van der Waals surface area contributed by atoms with Gasteiger partial charge in [0.05, 0.1) is 18.0 Å². The fraction of sp³-hybridized carbons (Fsp3) is 0.273. The molecule has 2 atom stereocenters. The van der Waals surface area contributed by atoms with E-state index in [9.17, 15) is 11.0 Å². The van der Waals surface area contributed by atoms with Crippen LogP contribution in [0.3, 0.4) is 0 Å². The van der Waals surface area contributed by atoms with Crippen molar-refractivity contribution in [3.8, 4) is 11.5 Å². The number of hydrogen-bond donors (Lipinski definition) is 1. The van der Waals surface area contributed by atoms with Crippen molar-refractivity contribution >= 4 is 22.7 Å². The summed E-state index contributed by atoms with van der Waals surface area (Å²) >= 11 is 0. The van der Waals surface area contributed by atoms with Crippen molar-refractivity contribution in [2.45, 2.75) is 18.5 Å². The Bertz CT molecular complexity index is 1470. The number of hydrogen-bond acceptors (Lipinski definition) is 4. The van der Waals surface area contributed by atoms with E-state index in [0.29, 0.717) is 11.1 Å². The average Bonchev–Trinajstić information content (AvgIpc) is 3.34. The molecule has 0 radical (unpaired) electrons. The van der Waals surface area contributed by atoms with Gasteiger partial charge < -0.3 is 24.3 Å². The Balaban J connectivity index is 1.71. The molecule has 7 heteroatoms. The predicted octanol–water partition coefficient (Wildman–Crippen LogP) is 2.21. The molecule has 4 heterocycles. The molecule has 1 saturated heterocycles. The molecule has 7 nitrogen and oxygen atoms in total. The maximum atomic E-state index is 13.4. The first-order valence-corrected chi connectivity index (χ1v) is 9.15. The number of piperazine rings is 1. The van der Waals surface area contributed by atoms with E-state index < -0.39 is 54.3 Å². The zero-order chi connectivity index (χ0) is 25.0. The highest BCUT2D eigenvalue weighted by Gasteiger charge is 2.47. The summed E-state index contributed by atoms with van der Waals surface area (Å²) in [5.74, 6) is -1.76. The molecule has 0 unspecified atom stereocenters. The van der Waals surface area contributed by atoms with Crippen molar-refractivity contribution < 1.29 is 27.3 Å². The van der Waals surface area contributed by atoms with Gasteiger partial charge in [-0.05, 0) is 29.3 Å². The van der Waals surface area contributed by atoms with Gasteiger partial charge in [0, 0.05) is 30.1 Å². The summed E-state index contributed by atoms with van der Waals surface area (Å²) in [6.45, 7) is -2.94. The molecule has 1 N–H and O–H groups in total. The first kappa shape index (κ1) is 11.5. The number of aromatic amines is 1. The number of benzene rings is 2. The van der Waals surface area contributed by atoms with Gasteiger partial charge >= 0.3 is 0 Å². The molecule has 6 rings (SSSR count). The van der Waals surface area contributed by atoms with Crippen molar-refractivity contribution in [2.24, 2.45) is 0 Å². The van der Waals surface area contributed by atoms with Crippen LogP contribution in [0.5, 0.6) is 11.5 Å². The lowest BCUT2D eigenvalue weighted by molar-refractivity contribution is -0.157. The third-order valence-corrected chi connectivity index (χ3v) is 5.57. The normalized spacial score (nSPS) is 30.0. The fourth-order valence-electron chi connectivity index (χ4n) is 4.27. The van der Waals surface area contributed by atoms with Crippen LogP contribution in [0.25, 0.3) is 10.9 Å². The minimum atomic E-state index is -2.66. The van der Waals surface area contributed by atoms with Gasteiger partial charge in [0.2, 0.25) is 18.6 Å². The minimum absolute atomic E-state index is 0.135. The van der Waals surface area contributed by atoms with Crippen LogP contribution in [0.1, 0.15) is 31.1 Å². The standard InChI is InChI=1S/C22H19N3O4/c1-24-10-19(26)25-16(22(24)27)9-14-13-4-2-3-5-15(13)23-20(14)21(25)12-6-7-17-18(8-12)29-11-28-17/h2-8,16,21,23H,9-11H2,1H3/t16-,21-/m1/s1/i6D,7D,8D,11D2,21D. The molecule has 2 amide bonds. The second kappa shape index (κ2) is 5.76. The van der Waals surface area contributed by atoms with Crippen molar-refractivity contribution in [3.63, 3.8) is 0 Å². The van der Waals surface area contributed by atoms with E-state index in [1.54, 1.807) is 12.1 Å². The van der Waals surface area contributed by atoms with E-state index in [1.165, 1.54) is 11.9 Å². The Morgan fingerprint density at radius 2 is 2.07 bits per heavy atom. The Labute approximate surface area is 175 Å². The number of carbonyl (C=O) groups excluding carboxylic acids is 2. The van der Waals surface area contributed by atoms with Gasteiger partial charge in [-0.25, -0.2) is 0 Å². The Morgan fingerprint density at radius 3 is 2.97 bits per heavy atom. The summed E-state index contributed by atoms with van der Waals surface area (Å²) in [5.41, 5.74) is 1.10. The third kappa shape index (κ3) is 2.24. The van der Waals surface area contributed by atoms with E-state index >= 15 is 0 Å². The van der Waals surface area contributed by atoms with E-state index in [1.807, 2.05) is 12.1 Å². The zero-order valence-corrected chi connectivity index (χ0v) is 15.3. The highest BCUT2D eigenvalue weighted by molar-refractivity contribution is 5.97. The average molecular weight is 395 g/mol. The van der Waals surface area contributed by atoms with E-state index in [4.69, 9.17) is 16.3 Å². The number of carbonyl (C=O) groups is 2. The number of likely N-dealkylation sites (N-methyl/N-ethyl adjacent to an activating group) is 1. The molecule has 146 valence electrons. The van der Waals surface area contributed by atoms with Gasteiger partial charge in [-0.3, -0.25) is 9.59 Å². The van der Waals surface area contributed by atoms with Crippen LogP contribution in [0, 0.1) is 0 Å². The summed E-state index contributed by atoms with van der Waals surface area (Å²) in [7, 11) is 1.50. The lowest BCUT2D eigenvalue weighted by Gasteiger charge is -2.46. The molecular formula is C22H19N3O4. The van der Waals surface area contributed by atoms with E-state index in [0.717, 1.165) is 10.3 Å². The Kier molecular flexibility index (Phi) is 2.29. The fourth-order valence-corrected chi connectivity index (χ4v) is 4.27. The lowest BCUT2D eigenvalue weighted by Crippen LogP contribution is -2.62. The smallest absolute Gasteiger partial charge is 0.245 e. The Morgan fingerprint density at radius 1 is 1.24 bits per heavy atom. The maximum absolute atomic E-state index is 13.4. The minimum Gasteiger partial charge on any atom is -0.454 e. The van der Waals surface area contributed by atoms with Crippen LogP contribution in [-0.2, 0) is 16.0 Å². The molecular weight excluding hydrogens is 370 g/mol. The van der Waals surface area contributed by atoms with Crippen molar-refractivity contribution in [1.82, 2.24) is 14.8 Å². The number of fused-ring (bicyclic) bond motifs is 5. The lowest BCUT2D eigenvalue weighted by atomic mass is 9.86. The summed E-state index contributed by atoms with van der Waals surface area (Å²) in [4.78, 5) is 32.1. The molecule has 2 aromatic carbocycles. The number of H-pyrrole nitrogens is 1. The van der Waals surface area contributed by atoms with Gasteiger partial charge in [0.15, 0.2) is 11.5 Å². The molecule has 0 aliphatic carbocycles. The number of nitrogens with zero attached hydrogens (tertiary/aromatic N) is 2. The van der Waals surface area contributed by atoms with Gasteiger partial charge in [0.25, 0.3) is 0 Å². The number of rotatable bonds is 1. The number of ether oxygens (including phenoxy) is 2. The monoisotopic (exact) mass is 395 g/mol. The summed E-state index contributed by atoms with van der Waals surface area (Å²) in [5, 5.41) is 0.744. The molecule has 1 aromatic heterocycles. The number of nitrogens with one attached hydrogen (secondary N) is 1. The van der Waals surface area contributed by atoms with E-state index in [2.05, 4.69) is 4.98 Å². The molecule has 3 aliphatic rings. The highest BCUT2D eigenvalue weighted by atomic mass is 16.7. The van der Waals surface area contributed by atoms with E-state index in [-0.39, 0.29) is 30.1 Å². The van der Waals surface area contributed by atoms with Crippen molar-refractivity contribution in [2.75, 3.05) is 20.3 Å². The van der Waals surface area contributed by atoms with Crippen LogP contribution < -0.4 is 9.47 Å². The number of amides is 2. The number of aromatic nitrogens is 1. The second-order valence-corrected chi connectivity index (χ2v) is 7.25. The number of para-hydroxylation sites is 1. The molecule has 29 heavy (non-hydrogen) atoms. The largest absolute Gasteiger partial charge is 0.454 e. The van der Waals surface area contributed by atoms with Crippen LogP contribution >= 0.6 is 0 Å². The van der Waals surface area contributed by atoms with Crippen LogP contribution in [0.4, 0.5) is 0 Å². The van der Waals surface area contributed by atoms with Gasteiger partial charge in [-0.15, -0.1) is 0 Å². The van der Waals surface area contributed by atoms with Gasteiger partial charge in [-0.2, -0.15) is 0 Å². The molecule has 1 fully saturated rings. The summed E-state index contributed by atoms with van der Waals surface area (Å²) in [6, 6.07) is 2.18. The second-order valence-electron chi connectivity index (χ2n) is 7.25. The van der Waals surface area contributed by atoms with Crippen LogP contribution in [0.15, 0.2) is 42.4 Å². The molecule has 0 bridgehead atoms. The molecule has 0 spiro atoms. The first-order valence-electron chi connectivity index (χ1n) is 12.1. The SMILES string of the molecule is [2H]c1c([2H])c([C@]2([2H])c3[nH]c4ccccc4c3C[C@@H]3C(=O)N(C)CC(=O)N32)c([2H])c2c1OC([2H])([2H])O2. The Hall–Kier alpha value is -3.48. The molecule has 3 aliphatic heterocycles. The zero-order valence-electron chi connectivity index (χ0n) is 21.3. The highest BCUT2D eigenvalue weighted by Crippen LogP contribution is 2.44. The van der Waals surface area contributed by atoms with Gasteiger partial charge in [-0.1, -0.05) is 24.2 Å². The maximum Gasteiger partial charge on any atom is 0.245 e. The molecule has 0 saturated carbocycles. The van der Waals surface area contributed by atoms with Gasteiger partial charge in [0.1, 0.15) is 8.78 Å². The predicted molar refractivity (Wildman–Crippen MR) is 105 cm³/mol. The summed E-state index contributed by atoms with van der Waals surface area (Å²) in [6.07, 6.45) is 0.135. The third-order valence-electron chi connectivity index (χ3n) is 5.57. The van der Waals surface area contributed by atoms with Crippen LogP contribution in [0.2, 0.25) is 0 Å². The van der Waals surface area contributed by atoms with Crippen molar-refractivity contribution in [1.29, 1.82) is 0 Å². The van der Waals surface area contributed by atoms with Crippen LogP contribution in [-0.4, -0.2) is 53.0 Å². The topological polar surface area (TPSA) is 74.9 Å². The summed E-state index contributed by atoms with van der Waals surface area (Å²) < 4.78 is 61.3. The molecule has 3 aromatic rings. The quantitative estimate of drug-likeness (QED) is 0.686. The first-order chi connectivity index (χ1) is 16.5.